The van der Waals surface area contributed by atoms with Crippen molar-refractivity contribution in [3.63, 3.8) is 0 Å². The lowest BCUT2D eigenvalue weighted by atomic mass is 9.90. The highest BCUT2D eigenvalue weighted by Crippen LogP contribution is 2.23. The minimum atomic E-state index is 0.156. The third-order valence-corrected chi connectivity index (χ3v) is 4.11. The van der Waals surface area contributed by atoms with Crippen LogP contribution in [-0.4, -0.2) is 34.9 Å². The maximum atomic E-state index is 12.5. The molecule has 0 spiro atoms. The Bertz CT molecular complexity index is 447. The highest BCUT2D eigenvalue weighted by Gasteiger charge is 2.30. The standard InChI is InChI=1S/C15H23N3O/c1-11-5-3-7-17-13(11)9-15(19)18-8-4-6-12(2)14(18)10-16/h3,5,7,12,14H,4,6,8-10,16H2,1-2H3. The number of nitrogens with zero attached hydrogens (tertiary/aromatic N) is 2. The van der Waals surface area contributed by atoms with Crippen LogP contribution in [0.1, 0.15) is 31.0 Å². The van der Waals surface area contributed by atoms with E-state index in [4.69, 9.17) is 5.73 Å². The Hall–Kier alpha value is -1.42. The van der Waals surface area contributed by atoms with Gasteiger partial charge in [0.25, 0.3) is 0 Å². The summed E-state index contributed by atoms with van der Waals surface area (Å²) in [6, 6.07) is 4.08. The van der Waals surface area contributed by atoms with E-state index in [1.54, 1.807) is 6.20 Å². The molecule has 2 N–H and O–H groups in total. The van der Waals surface area contributed by atoms with Crippen molar-refractivity contribution >= 4 is 5.91 Å². The van der Waals surface area contributed by atoms with E-state index in [9.17, 15) is 4.79 Å². The Kier molecular flexibility index (Phi) is 4.53. The Morgan fingerprint density at radius 3 is 3.05 bits per heavy atom. The molecule has 0 saturated carbocycles. The number of aromatic nitrogens is 1. The first kappa shape index (κ1) is 14.0. The normalized spacial score (nSPS) is 23.4. The molecule has 2 atom stereocenters. The number of likely N-dealkylation sites (tertiary alicyclic amines) is 1. The van der Waals surface area contributed by atoms with E-state index in [0.717, 1.165) is 30.6 Å². The van der Waals surface area contributed by atoms with E-state index < -0.39 is 0 Å². The molecule has 2 heterocycles. The van der Waals surface area contributed by atoms with E-state index in [1.807, 2.05) is 24.0 Å². The number of carbonyl (C=O) groups excluding carboxylic acids is 1. The lowest BCUT2D eigenvalue weighted by Crippen LogP contribution is -2.51. The van der Waals surface area contributed by atoms with Gasteiger partial charge in [-0.2, -0.15) is 0 Å². The Morgan fingerprint density at radius 2 is 2.37 bits per heavy atom. The molecule has 0 aromatic carbocycles. The lowest BCUT2D eigenvalue weighted by molar-refractivity contribution is -0.135. The number of nitrogens with two attached hydrogens (primary N) is 1. The number of aryl methyl sites for hydroxylation is 1. The zero-order valence-electron chi connectivity index (χ0n) is 11.8. The molecule has 1 aromatic rings. The molecule has 1 aromatic heterocycles. The first-order valence-electron chi connectivity index (χ1n) is 7.03. The Balaban J connectivity index is 2.08. The summed E-state index contributed by atoms with van der Waals surface area (Å²) in [6.45, 7) is 5.56. The highest BCUT2D eigenvalue weighted by molar-refractivity contribution is 5.79. The van der Waals surface area contributed by atoms with Gasteiger partial charge in [0.1, 0.15) is 0 Å². The monoisotopic (exact) mass is 261 g/mol. The number of pyridine rings is 1. The fraction of sp³-hybridized carbons (Fsp3) is 0.600. The molecule has 104 valence electrons. The van der Waals surface area contributed by atoms with Gasteiger partial charge in [-0.05, 0) is 37.3 Å². The van der Waals surface area contributed by atoms with Crippen LogP contribution in [0.3, 0.4) is 0 Å². The van der Waals surface area contributed by atoms with E-state index in [0.29, 0.717) is 18.9 Å². The summed E-state index contributed by atoms with van der Waals surface area (Å²) in [4.78, 5) is 18.7. The van der Waals surface area contributed by atoms with Crippen molar-refractivity contribution < 1.29 is 4.79 Å². The van der Waals surface area contributed by atoms with Crippen LogP contribution in [0.25, 0.3) is 0 Å². The number of piperidine rings is 1. The topological polar surface area (TPSA) is 59.2 Å². The first-order valence-corrected chi connectivity index (χ1v) is 7.03. The molecule has 1 aliphatic rings. The second-order valence-electron chi connectivity index (χ2n) is 5.45. The zero-order valence-corrected chi connectivity index (χ0v) is 11.8. The van der Waals surface area contributed by atoms with Gasteiger partial charge in [0.2, 0.25) is 5.91 Å². The fourth-order valence-corrected chi connectivity index (χ4v) is 2.87. The van der Waals surface area contributed by atoms with Gasteiger partial charge in [-0.25, -0.2) is 0 Å². The lowest BCUT2D eigenvalue weighted by Gasteiger charge is -2.39. The molecule has 1 fully saturated rings. The van der Waals surface area contributed by atoms with Crippen LogP contribution in [0.4, 0.5) is 0 Å². The maximum Gasteiger partial charge on any atom is 0.228 e. The molecule has 0 bridgehead atoms. The van der Waals surface area contributed by atoms with Crippen molar-refractivity contribution in [3.8, 4) is 0 Å². The summed E-state index contributed by atoms with van der Waals surface area (Å²) >= 11 is 0. The molecule has 4 heteroatoms. The van der Waals surface area contributed by atoms with Gasteiger partial charge >= 0.3 is 0 Å². The van der Waals surface area contributed by atoms with Crippen LogP contribution < -0.4 is 5.73 Å². The summed E-state index contributed by atoms with van der Waals surface area (Å²) in [7, 11) is 0. The predicted molar refractivity (Wildman–Crippen MR) is 75.6 cm³/mol. The van der Waals surface area contributed by atoms with E-state index >= 15 is 0 Å². The number of rotatable bonds is 3. The van der Waals surface area contributed by atoms with E-state index in [1.165, 1.54) is 0 Å². The van der Waals surface area contributed by atoms with Crippen molar-refractivity contribution in [2.24, 2.45) is 11.7 Å². The van der Waals surface area contributed by atoms with Crippen molar-refractivity contribution in [2.75, 3.05) is 13.1 Å². The van der Waals surface area contributed by atoms with Gasteiger partial charge in [-0.3, -0.25) is 9.78 Å². The van der Waals surface area contributed by atoms with E-state index in [2.05, 4.69) is 11.9 Å². The molecule has 1 amide bonds. The molecule has 1 saturated heterocycles. The Labute approximate surface area is 115 Å². The van der Waals surface area contributed by atoms with Crippen LogP contribution in [0.15, 0.2) is 18.3 Å². The van der Waals surface area contributed by atoms with Crippen LogP contribution >= 0.6 is 0 Å². The molecule has 0 aliphatic carbocycles. The van der Waals surface area contributed by atoms with Crippen LogP contribution in [0.2, 0.25) is 0 Å². The molecule has 19 heavy (non-hydrogen) atoms. The van der Waals surface area contributed by atoms with Gasteiger partial charge < -0.3 is 10.6 Å². The number of amides is 1. The highest BCUT2D eigenvalue weighted by atomic mass is 16.2. The summed E-state index contributed by atoms with van der Waals surface area (Å²) in [5.41, 5.74) is 7.79. The minimum Gasteiger partial charge on any atom is -0.338 e. The van der Waals surface area contributed by atoms with Crippen molar-refractivity contribution in [1.82, 2.24) is 9.88 Å². The fourth-order valence-electron chi connectivity index (χ4n) is 2.87. The van der Waals surface area contributed by atoms with Gasteiger partial charge in [0, 0.05) is 25.3 Å². The minimum absolute atomic E-state index is 0.156. The van der Waals surface area contributed by atoms with Crippen molar-refractivity contribution in [3.05, 3.63) is 29.6 Å². The smallest absolute Gasteiger partial charge is 0.228 e. The van der Waals surface area contributed by atoms with Gasteiger partial charge in [0.15, 0.2) is 0 Å². The average Bonchev–Trinajstić information content (AvgIpc) is 2.41. The number of hydrogen-bond acceptors (Lipinski definition) is 3. The van der Waals surface area contributed by atoms with Crippen molar-refractivity contribution in [2.45, 2.75) is 39.2 Å². The second kappa shape index (κ2) is 6.15. The van der Waals surface area contributed by atoms with Crippen LogP contribution in [-0.2, 0) is 11.2 Å². The summed E-state index contributed by atoms with van der Waals surface area (Å²) in [5.74, 6) is 0.649. The SMILES string of the molecule is Cc1cccnc1CC(=O)N1CCCC(C)C1CN. The van der Waals surface area contributed by atoms with Gasteiger partial charge in [-0.1, -0.05) is 13.0 Å². The molecular weight excluding hydrogens is 238 g/mol. The summed E-state index contributed by atoms with van der Waals surface area (Å²) in [6.07, 6.45) is 4.36. The molecule has 4 nitrogen and oxygen atoms in total. The quantitative estimate of drug-likeness (QED) is 0.897. The molecular formula is C15H23N3O. The third-order valence-electron chi connectivity index (χ3n) is 4.11. The largest absolute Gasteiger partial charge is 0.338 e. The molecule has 1 aliphatic heterocycles. The van der Waals surface area contributed by atoms with Gasteiger partial charge in [0.05, 0.1) is 12.1 Å². The molecule has 2 rings (SSSR count). The van der Waals surface area contributed by atoms with Crippen molar-refractivity contribution in [1.29, 1.82) is 0 Å². The predicted octanol–water partition coefficient (Wildman–Crippen LogP) is 1.52. The second-order valence-corrected chi connectivity index (χ2v) is 5.45. The number of carbonyl (C=O) groups is 1. The average molecular weight is 261 g/mol. The Morgan fingerprint density at radius 1 is 1.58 bits per heavy atom. The zero-order chi connectivity index (χ0) is 13.8. The molecule has 2 unspecified atom stereocenters. The molecule has 0 radical (unpaired) electrons. The van der Waals surface area contributed by atoms with Crippen LogP contribution in [0, 0.1) is 12.8 Å². The van der Waals surface area contributed by atoms with Crippen LogP contribution in [0.5, 0.6) is 0 Å². The maximum absolute atomic E-state index is 12.5. The summed E-state index contributed by atoms with van der Waals surface area (Å²) < 4.78 is 0. The first-order chi connectivity index (χ1) is 9.13. The third kappa shape index (κ3) is 3.13. The summed E-state index contributed by atoms with van der Waals surface area (Å²) in [5, 5.41) is 0. The van der Waals surface area contributed by atoms with E-state index in [-0.39, 0.29) is 11.9 Å². The number of hydrogen-bond donors (Lipinski definition) is 1. The van der Waals surface area contributed by atoms with Gasteiger partial charge in [-0.15, -0.1) is 0 Å².